The van der Waals surface area contributed by atoms with Gasteiger partial charge in [0.25, 0.3) is 0 Å². The molecule has 5 heteroatoms. The van der Waals surface area contributed by atoms with Crippen molar-refractivity contribution in [2.24, 2.45) is 5.41 Å². The lowest BCUT2D eigenvalue weighted by Gasteiger charge is -2.33. The molecule has 2 rings (SSSR count). The molecule has 20 heavy (non-hydrogen) atoms. The number of rotatable bonds is 5. The number of likely N-dealkylation sites (tertiary alicyclic amines) is 1. The lowest BCUT2D eigenvalue weighted by Crippen LogP contribution is -2.48. The lowest BCUT2D eigenvalue weighted by atomic mass is 9.82. The van der Waals surface area contributed by atoms with Crippen LogP contribution in [0.3, 0.4) is 0 Å². The summed E-state index contributed by atoms with van der Waals surface area (Å²) in [5, 5.41) is 12.5. The number of hydrogen-bond acceptors (Lipinski definition) is 3. The molecule has 1 heterocycles. The summed E-state index contributed by atoms with van der Waals surface area (Å²) < 4.78 is 0. The first-order chi connectivity index (χ1) is 9.55. The molecule has 0 aromatic carbocycles. The highest BCUT2D eigenvalue weighted by molar-refractivity contribution is 5.85. The van der Waals surface area contributed by atoms with Crippen molar-refractivity contribution >= 4 is 11.9 Å². The van der Waals surface area contributed by atoms with E-state index in [1.165, 1.54) is 0 Å². The van der Waals surface area contributed by atoms with Gasteiger partial charge < -0.3 is 15.3 Å². The standard InChI is InChI=1S/C15H26N2O3/c1-2-17-9-5-6-12(11-17)16-13(18)10-15(14(19)20)7-3-4-8-15/h12H,2-11H2,1H3,(H,16,18)(H,19,20). The quantitative estimate of drug-likeness (QED) is 0.804. The Bertz CT molecular complexity index is 364. The number of hydrogen-bond donors (Lipinski definition) is 2. The highest BCUT2D eigenvalue weighted by Gasteiger charge is 2.43. The van der Waals surface area contributed by atoms with Crippen LogP contribution in [-0.4, -0.2) is 47.6 Å². The van der Waals surface area contributed by atoms with E-state index in [4.69, 9.17) is 0 Å². The summed E-state index contributed by atoms with van der Waals surface area (Å²) in [6, 6.07) is 0.184. The molecule has 0 bridgehead atoms. The maximum Gasteiger partial charge on any atom is 0.310 e. The zero-order valence-electron chi connectivity index (χ0n) is 12.4. The zero-order chi connectivity index (χ0) is 14.6. The highest BCUT2D eigenvalue weighted by Crippen LogP contribution is 2.41. The van der Waals surface area contributed by atoms with Gasteiger partial charge in [-0.05, 0) is 38.8 Å². The van der Waals surface area contributed by atoms with E-state index in [9.17, 15) is 14.7 Å². The predicted molar refractivity (Wildman–Crippen MR) is 76.4 cm³/mol. The van der Waals surface area contributed by atoms with Crippen LogP contribution in [0.1, 0.15) is 51.9 Å². The molecular formula is C15H26N2O3. The fraction of sp³-hybridized carbons (Fsp3) is 0.867. The minimum Gasteiger partial charge on any atom is -0.481 e. The Kier molecular flexibility index (Phi) is 5.02. The molecule has 5 nitrogen and oxygen atoms in total. The van der Waals surface area contributed by atoms with Gasteiger partial charge in [0.05, 0.1) is 5.41 Å². The Morgan fingerprint density at radius 1 is 1.30 bits per heavy atom. The van der Waals surface area contributed by atoms with Crippen LogP contribution in [0.25, 0.3) is 0 Å². The number of amides is 1. The Morgan fingerprint density at radius 2 is 2.00 bits per heavy atom. The maximum atomic E-state index is 12.2. The van der Waals surface area contributed by atoms with Gasteiger partial charge in [-0.3, -0.25) is 9.59 Å². The number of likely N-dealkylation sites (N-methyl/N-ethyl adjacent to an activating group) is 1. The summed E-state index contributed by atoms with van der Waals surface area (Å²) in [6.45, 7) is 5.12. The van der Waals surface area contributed by atoms with Crippen LogP contribution < -0.4 is 5.32 Å². The van der Waals surface area contributed by atoms with E-state index in [0.717, 1.165) is 45.3 Å². The van der Waals surface area contributed by atoms with E-state index in [-0.39, 0.29) is 18.4 Å². The molecule has 2 aliphatic rings. The largest absolute Gasteiger partial charge is 0.481 e. The van der Waals surface area contributed by atoms with Crippen molar-refractivity contribution in [2.45, 2.75) is 57.9 Å². The minimum absolute atomic E-state index is 0.0859. The smallest absolute Gasteiger partial charge is 0.310 e. The summed E-state index contributed by atoms with van der Waals surface area (Å²) >= 11 is 0. The van der Waals surface area contributed by atoms with Crippen LogP contribution in [0.4, 0.5) is 0 Å². The monoisotopic (exact) mass is 282 g/mol. The first-order valence-corrected chi connectivity index (χ1v) is 7.81. The molecule has 2 N–H and O–H groups in total. The van der Waals surface area contributed by atoms with E-state index in [1.54, 1.807) is 0 Å². The Labute approximate surface area is 120 Å². The number of aliphatic carboxylic acids is 1. The van der Waals surface area contributed by atoms with Gasteiger partial charge in [-0.1, -0.05) is 19.8 Å². The van der Waals surface area contributed by atoms with Crippen molar-refractivity contribution < 1.29 is 14.7 Å². The van der Waals surface area contributed by atoms with Crippen molar-refractivity contribution in [3.8, 4) is 0 Å². The molecule has 1 saturated carbocycles. The number of carbonyl (C=O) groups excluding carboxylic acids is 1. The van der Waals surface area contributed by atoms with Crippen molar-refractivity contribution in [1.82, 2.24) is 10.2 Å². The summed E-state index contributed by atoms with van der Waals surface area (Å²) in [4.78, 5) is 26.0. The Morgan fingerprint density at radius 3 is 2.60 bits per heavy atom. The third-order valence-corrected chi connectivity index (χ3v) is 4.83. The molecular weight excluding hydrogens is 256 g/mol. The van der Waals surface area contributed by atoms with Gasteiger partial charge in [-0.2, -0.15) is 0 Å². The minimum atomic E-state index is -0.802. The van der Waals surface area contributed by atoms with Gasteiger partial charge >= 0.3 is 5.97 Å². The third-order valence-electron chi connectivity index (χ3n) is 4.83. The first kappa shape index (κ1) is 15.3. The number of carboxylic acids is 1. The normalized spacial score (nSPS) is 26.4. The van der Waals surface area contributed by atoms with Gasteiger partial charge in [-0.15, -0.1) is 0 Å². The maximum absolute atomic E-state index is 12.2. The van der Waals surface area contributed by atoms with Crippen molar-refractivity contribution in [3.05, 3.63) is 0 Å². The summed E-state index contributed by atoms with van der Waals surface area (Å²) in [5.41, 5.74) is -0.802. The Hall–Kier alpha value is -1.10. The molecule has 0 radical (unpaired) electrons. The van der Waals surface area contributed by atoms with Crippen LogP contribution in [0.5, 0.6) is 0 Å². The van der Waals surface area contributed by atoms with Gasteiger partial charge in [-0.25, -0.2) is 0 Å². The van der Waals surface area contributed by atoms with Gasteiger partial charge in [0.15, 0.2) is 0 Å². The van der Waals surface area contributed by atoms with Crippen LogP contribution in [0.2, 0.25) is 0 Å². The Balaban J connectivity index is 1.87. The molecule has 1 saturated heterocycles. The second kappa shape index (κ2) is 6.57. The molecule has 1 aliphatic heterocycles. The fourth-order valence-electron chi connectivity index (χ4n) is 3.56. The van der Waals surface area contributed by atoms with E-state index < -0.39 is 11.4 Å². The van der Waals surface area contributed by atoms with E-state index in [2.05, 4.69) is 17.1 Å². The topological polar surface area (TPSA) is 69.6 Å². The fourth-order valence-corrected chi connectivity index (χ4v) is 3.56. The second-order valence-corrected chi connectivity index (χ2v) is 6.27. The lowest BCUT2D eigenvalue weighted by molar-refractivity contribution is -0.151. The van der Waals surface area contributed by atoms with Crippen molar-refractivity contribution in [1.29, 1.82) is 0 Å². The molecule has 0 aromatic rings. The highest BCUT2D eigenvalue weighted by atomic mass is 16.4. The summed E-state index contributed by atoms with van der Waals surface area (Å²) in [5.74, 6) is -0.888. The molecule has 1 unspecified atom stereocenters. The molecule has 0 aromatic heterocycles. The van der Waals surface area contributed by atoms with Crippen molar-refractivity contribution in [3.63, 3.8) is 0 Å². The molecule has 2 fully saturated rings. The molecule has 1 aliphatic carbocycles. The van der Waals surface area contributed by atoms with Crippen LogP contribution >= 0.6 is 0 Å². The SMILES string of the molecule is CCN1CCCC(NC(=O)CC2(C(=O)O)CCCC2)C1. The van der Waals surface area contributed by atoms with Gasteiger partial charge in [0, 0.05) is 19.0 Å². The number of nitrogens with zero attached hydrogens (tertiary/aromatic N) is 1. The van der Waals surface area contributed by atoms with Gasteiger partial charge in [0.2, 0.25) is 5.91 Å². The zero-order valence-corrected chi connectivity index (χ0v) is 12.4. The number of carbonyl (C=O) groups is 2. The van der Waals surface area contributed by atoms with Gasteiger partial charge in [0.1, 0.15) is 0 Å². The molecule has 1 atom stereocenters. The van der Waals surface area contributed by atoms with E-state index >= 15 is 0 Å². The molecule has 0 spiro atoms. The second-order valence-electron chi connectivity index (χ2n) is 6.27. The average Bonchev–Trinajstić information content (AvgIpc) is 2.88. The van der Waals surface area contributed by atoms with E-state index in [0.29, 0.717) is 12.8 Å². The van der Waals surface area contributed by atoms with Crippen LogP contribution in [0.15, 0.2) is 0 Å². The third kappa shape index (κ3) is 3.51. The average molecular weight is 282 g/mol. The van der Waals surface area contributed by atoms with Crippen molar-refractivity contribution in [2.75, 3.05) is 19.6 Å². The molecule has 114 valence electrons. The number of nitrogens with one attached hydrogen (secondary N) is 1. The molecule has 1 amide bonds. The number of piperidine rings is 1. The van der Waals surface area contributed by atoms with Crippen LogP contribution in [-0.2, 0) is 9.59 Å². The number of carboxylic acid groups (broad SMARTS) is 1. The summed E-state index contributed by atoms with van der Waals surface area (Å²) in [6.07, 6.45) is 5.37. The van der Waals surface area contributed by atoms with E-state index in [1.807, 2.05) is 0 Å². The first-order valence-electron chi connectivity index (χ1n) is 7.81. The summed E-state index contributed by atoms with van der Waals surface area (Å²) in [7, 11) is 0. The van der Waals surface area contributed by atoms with Crippen LogP contribution in [0, 0.1) is 5.41 Å². The predicted octanol–water partition coefficient (Wildman–Crippen LogP) is 1.62.